The molecule has 3 N–H and O–H groups in total. The smallest absolute Gasteiger partial charge is 0.418 e. The van der Waals surface area contributed by atoms with Crippen LogP contribution in [0.2, 0.25) is 0 Å². The van der Waals surface area contributed by atoms with Gasteiger partial charge in [0.25, 0.3) is 5.56 Å². The van der Waals surface area contributed by atoms with Crippen molar-refractivity contribution >= 4 is 57.2 Å². The van der Waals surface area contributed by atoms with Gasteiger partial charge in [-0.05, 0) is 92.5 Å². The lowest BCUT2D eigenvalue weighted by Gasteiger charge is -2.36. The quantitative estimate of drug-likeness (QED) is 0.212. The standard InChI is InChI=1S/C42H50ClF3N8O5/c1-51-24-32(31-22-47-50-39(31)41(51)58)26-18-30(59-3)19-27(34(43)20-26)23-53-13-4-5-29(12-14-53)52(2)38(56)17-25-10-15-54(16-11-25)36-8-6-28(21-33(36)42(44,45)46)48-35-7-9-37(55)49-40(35)57/h6,8,18,20-22,24-25,29,35,48H,4-5,7,9-17,19,23H2,1-3H3,(H,47,50)(H,49,55,57). The number of ether oxygens (including phenoxy) is 1. The van der Waals surface area contributed by atoms with E-state index in [4.69, 9.17) is 16.3 Å². The van der Waals surface area contributed by atoms with Crippen LogP contribution in [0.1, 0.15) is 68.9 Å². The number of aromatic nitrogens is 3. The summed E-state index contributed by atoms with van der Waals surface area (Å²) in [7, 11) is 5.19. The van der Waals surface area contributed by atoms with Crippen LogP contribution < -0.4 is 21.1 Å². The number of rotatable bonds is 10. The van der Waals surface area contributed by atoms with Crippen molar-refractivity contribution in [3.8, 4) is 0 Å². The molecule has 0 spiro atoms. The largest absolute Gasteiger partial charge is 0.501 e. The topological polar surface area (TPSA) is 145 Å². The molecule has 0 saturated carbocycles. The number of amides is 3. The molecule has 3 aromatic rings. The van der Waals surface area contributed by atoms with Crippen molar-refractivity contribution in [3.05, 3.63) is 80.6 Å². The van der Waals surface area contributed by atoms with E-state index in [1.807, 2.05) is 24.1 Å². The Morgan fingerprint density at radius 3 is 2.58 bits per heavy atom. The summed E-state index contributed by atoms with van der Waals surface area (Å²) in [5.74, 6) is -0.102. The first-order valence-corrected chi connectivity index (χ1v) is 20.5. The number of nitrogens with one attached hydrogen (secondary N) is 3. The van der Waals surface area contributed by atoms with Gasteiger partial charge >= 0.3 is 6.18 Å². The van der Waals surface area contributed by atoms with Gasteiger partial charge in [0.15, 0.2) is 0 Å². The summed E-state index contributed by atoms with van der Waals surface area (Å²) in [5.41, 5.74) is 2.32. The van der Waals surface area contributed by atoms with Crippen LogP contribution in [0.25, 0.3) is 16.5 Å². The van der Waals surface area contributed by atoms with Crippen molar-refractivity contribution in [1.29, 1.82) is 0 Å². The van der Waals surface area contributed by atoms with E-state index in [0.717, 1.165) is 60.9 Å². The Balaban J connectivity index is 0.933. The second-order valence-electron chi connectivity index (χ2n) is 16.0. The molecule has 316 valence electrons. The molecular formula is C42H50ClF3N8O5. The van der Waals surface area contributed by atoms with Crippen LogP contribution in [0.5, 0.6) is 0 Å². The van der Waals surface area contributed by atoms with E-state index in [1.54, 1.807) is 31.5 Å². The van der Waals surface area contributed by atoms with Crippen molar-refractivity contribution in [2.24, 2.45) is 13.0 Å². The number of allylic oxidation sites excluding steroid dienone is 5. The second kappa shape index (κ2) is 17.6. The average molecular weight is 839 g/mol. The third-order valence-corrected chi connectivity index (χ3v) is 12.5. The zero-order valence-corrected chi connectivity index (χ0v) is 34.2. The van der Waals surface area contributed by atoms with Crippen LogP contribution in [0.4, 0.5) is 24.5 Å². The number of hydrogen-bond donors (Lipinski definition) is 3. The molecule has 2 aromatic heterocycles. The Hall–Kier alpha value is -5.09. The SMILES string of the molecule is COC1=CC(c2cn(C)c(=O)c3[nH]ncc23)=CC(Cl)=C(CN2CCCC(N(C)C(=O)CC3CCN(c4ccc(NC5CCC(=O)NC5=O)cc4C(F)(F)F)CC3)CC2)C1. The Labute approximate surface area is 345 Å². The first-order valence-electron chi connectivity index (χ1n) is 20.1. The number of nitrogens with zero attached hydrogens (tertiary/aromatic N) is 5. The maximum Gasteiger partial charge on any atom is 0.418 e. The van der Waals surface area contributed by atoms with Gasteiger partial charge in [-0.25, -0.2) is 0 Å². The number of carbonyl (C=O) groups excluding carboxylic acids is 3. The number of halogens is 4. The van der Waals surface area contributed by atoms with Gasteiger partial charge in [-0.3, -0.25) is 34.5 Å². The molecule has 59 heavy (non-hydrogen) atoms. The molecule has 3 aliphatic heterocycles. The van der Waals surface area contributed by atoms with Gasteiger partial charge in [0.2, 0.25) is 17.7 Å². The van der Waals surface area contributed by atoms with Crippen molar-refractivity contribution in [1.82, 2.24) is 29.9 Å². The van der Waals surface area contributed by atoms with Crippen molar-refractivity contribution in [3.63, 3.8) is 0 Å². The molecule has 3 saturated heterocycles. The van der Waals surface area contributed by atoms with E-state index in [9.17, 15) is 32.3 Å². The zero-order valence-electron chi connectivity index (χ0n) is 33.5. The number of imide groups is 1. The molecule has 1 aliphatic carbocycles. The van der Waals surface area contributed by atoms with Gasteiger partial charge in [0, 0.05) is 99.1 Å². The van der Waals surface area contributed by atoms with Crippen molar-refractivity contribution < 1.29 is 32.3 Å². The molecule has 3 fully saturated rings. The highest BCUT2D eigenvalue weighted by atomic mass is 35.5. The number of carbonyl (C=O) groups is 3. The number of pyridine rings is 1. The van der Waals surface area contributed by atoms with Gasteiger partial charge in [-0.15, -0.1) is 0 Å². The number of aryl methyl sites for hydroxylation is 1. The predicted octanol–water partition coefficient (Wildman–Crippen LogP) is 5.93. The van der Waals surface area contributed by atoms with E-state index >= 15 is 0 Å². The third kappa shape index (κ3) is 9.54. The maximum atomic E-state index is 14.3. The van der Waals surface area contributed by atoms with E-state index in [1.165, 1.54) is 16.7 Å². The van der Waals surface area contributed by atoms with Crippen LogP contribution >= 0.6 is 11.6 Å². The highest BCUT2D eigenvalue weighted by Gasteiger charge is 2.37. The van der Waals surface area contributed by atoms with Gasteiger partial charge in [0.05, 0.1) is 18.9 Å². The van der Waals surface area contributed by atoms with Crippen LogP contribution in [-0.2, 0) is 32.3 Å². The van der Waals surface area contributed by atoms with E-state index < -0.39 is 29.6 Å². The van der Waals surface area contributed by atoms with Gasteiger partial charge in [-0.1, -0.05) is 11.6 Å². The molecule has 1 aromatic carbocycles. The highest BCUT2D eigenvalue weighted by Crippen LogP contribution is 2.40. The molecule has 4 aliphatic rings. The van der Waals surface area contributed by atoms with Crippen LogP contribution in [0, 0.1) is 5.92 Å². The van der Waals surface area contributed by atoms with Crippen LogP contribution in [0.3, 0.4) is 0 Å². The van der Waals surface area contributed by atoms with Crippen LogP contribution in [-0.4, -0.2) is 101 Å². The van der Waals surface area contributed by atoms with Gasteiger partial charge in [-0.2, -0.15) is 18.3 Å². The summed E-state index contributed by atoms with van der Waals surface area (Å²) < 4.78 is 50.2. The lowest BCUT2D eigenvalue weighted by Crippen LogP contribution is -2.47. The lowest BCUT2D eigenvalue weighted by molar-refractivity contribution is -0.137. The number of methoxy groups -OCH3 is 1. The van der Waals surface area contributed by atoms with Crippen LogP contribution in [0.15, 0.2) is 63.9 Å². The molecule has 2 atom stereocenters. The minimum Gasteiger partial charge on any atom is -0.501 e. The van der Waals surface area contributed by atoms with E-state index in [0.29, 0.717) is 61.3 Å². The number of H-pyrrole nitrogens is 1. The summed E-state index contributed by atoms with van der Waals surface area (Å²) in [6, 6.07) is 3.26. The summed E-state index contributed by atoms with van der Waals surface area (Å²) in [6.07, 6.45) is 7.59. The number of likely N-dealkylation sites (tertiary alicyclic amines) is 1. The van der Waals surface area contributed by atoms with Crippen molar-refractivity contribution in [2.75, 3.05) is 57.1 Å². The Morgan fingerprint density at radius 1 is 1.07 bits per heavy atom. The molecular weight excluding hydrogens is 789 g/mol. The first-order chi connectivity index (χ1) is 28.2. The highest BCUT2D eigenvalue weighted by molar-refractivity contribution is 6.32. The van der Waals surface area contributed by atoms with E-state index in [2.05, 4.69) is 25.7 Å². The summed E-state index contributed by atoms with van der Waals surface area (Å²) in [4.78, 5) is 55.9. The Bertz CT molecular complexity index is 2260. The fourth-order valence-electron chi connectivity index (χ4n) is 8.69. The van der Waals surface area contributed by atoms with E-state index in [-0.39, 0.29) is 47.6 Å². The normalized spacial score (nSPS) is 21.4. The lowest BCUT2D eigenvalue weighted by atomic mass is 9.91. The molecule has 0 bridgehead atoms. The third-order valence-electron chi connectivity index (χ3n) is 12.1. The number of fused-ring (bicyclic) bond motifs is 1. The summed E-state index contributed by atoms with van der Waals surface area (Å²) >= 11 is 7.01. The molecule has 2 unspecified atom stereocenters. The average Bonchev–Trinajstić information content (AvgIpc) is 3.51. The number of anilines is 2. The molecule has 17 heteroatoms. The number of hydrogen-bond acceptors (Lipinski definition) is 9. The molecule has 5 heterocycles. The zero-order chi connectivity index (χ0) is 42.0. The fraction of sp³-hybridized carbons (Fsp3) is 0.500. The number of benzene rings is 1. The number of aromatic amines is 1. The first kappa shape index (κ1) is 42.0. The number of piperidine rings is 2. The molecule has 13 nitrogen and oxygen atoms in total. The minimum absolute atomic E-state index is 0.0500. The summed E-state index contributed by atoms with van der Waals surface area (Å²) in [6.45, 7) is 3.03. The predicted molar refractivity (Wildman–Crippen MR) is 220 cm³/mol. The monoisotopic (exact) mass is 838 g/mol. The molecule has 3 amide bonds. The molecule has 7 rings (SSSR count). The van der Waals surface area contributed by atoms with Crippen molar-refractivity contribution in [2.45, 2.75) is 76.0 Å². The minimum atomic E-state index is -4.62. The Kier molecular flexibility index (Phi) is 12.6. The molecule has 0 radical (unpaired) electrons. The summed E-state index contributed by atoms with van der Waals surface area (Å²) in [5, 5.41) is 13.3. The Morgan fingerprint density at radius 2 is 1.85 bits per heavy atom. The van der Waals surface area contributed by atoms with Gasteiger partial charge in [0.1, 0.15) is 17.3 Å². The maximum absolute atomic E-state index is 14.3. The second-order valence-corrected chi connectivity index (χ2v) is 16.4. The number of alkyl halides is 3. The fourth-order valence-corrected chi connectivity index (χ4v) is 8.93. The van der Waals surface area contributed by atoms with Gasteiger partial charge < -0.3 is 24.4 Å².